The van der Waals surface area contributed by atoms with Crippen LogP contribution in [0.5, 0.6) is 0 Å². The third kappa shape index (κ3) is 1.98. The molecule has 0 atom stereocenters. The number of aromatic amines is 1. The van der Waals surface area contributed by atoms with E-state index in [9.17, 15) is 4.79 Å². The zero-order chi connectivity index (χ0) is 11.5. The van der Waals surface area contributed by atoms with Crippen molar-refractivity contribution in [2.24, 2.45) is 0 Å². The van der Waals surface area contributed by atoms with Crippen LogP contribution in [0.1, 0.15) is 6.92 Å². The third-order valence-corrected chi connectivity index (χ3v) is 2.44. The first-order valence-corrected chi connectivity index (χ1v) is 5.17. The van der Waals surface area contributed by atoms with Crippen molar-refractivity contribution in [3.63, 3.8) is 0 Å². The predicted octanol–water partition coefficient (Wildman–Crippen LogP) is 2.05. The lowest BCUT2D eigenvalue weighted by molar-refractivity contribution is 0.224. The largest absolute Gasteiger partial charge is 0.328 e. The van der Waals surface area contributed by atoms with Crippen LogP contribution in [0.2, 0.25) is 0 Å². The van der Waals surface area contributed by atoms with Gasteiger partial charge in [0.2, 0.25) is 5.95 Å². The van der Waals surface area contributed by atoms with Gasteiger partial charge in [0.15, 0.2) is 0 Å². The molecular formula is C11H14N4O. The van der Waals surface area contributed by atoms with Crippen LogP contribution >= 0.6 is 0 Å². The number of anilines is 1. The van der Waals surface area contributed by atoms with Crippen molar-refractivity contribution in [1.82, 2.24) is 14.9 Å². The zero-order valence-corrected chi connectivity index (χ0v) is 9.32. The minimum Gasteiger partial charge on any atom is -0.328 e. The summed E-state index contributed by atoms with van der Waals surface area (Å²) in [6.07, 6.45) is 0. The van der Waals surface area contributed by atoms with E-state index < -0.39 is 0 Å². The molecule has 2 aromatic rings. The molecule has 1 aromatic heterocycles. The van der Waals surface area contributed by atoms with Gasteiger partial charge in [-0.3, -0.25) is 5.32 Å². The summed E-state index contributed by atoms with van der Waals surface area (Å²) in [7, 11) is 1.73. The quantitative estimate of drug-likeness (QED) is 0.810. The number of urea groups is 1. The van der Waals surface area contributed by atoms with Crippen LogP contribution in [0, 0.1) is 0 Å². The van der Waals surface area contributed by atoms with Gasteiger partial charge < -0.3 is 9.88 Å². The standard InChI is InChI=1S/C11H14N4O/c1-3-15(2)11(16)14-10-12-8-6-4-5-7-9(8)13-10/h4-7H,3H2,1-2H3,(H2,12,13,14,16). The maximum Gasteiger partial charge on any atom is 0.323 e. The Kier molecular flexibility index (Phi) is 2.76. The molecule has 16 heavy (non-hydrogen) atoms. The van der Waals surface area contributed by atoms with Gasteiger partial charge in [-0.15, -0.1) is 0 Å². The van der Waals surface area contributed by atoms with Crippen molar-refractivity contribution in [2.45, 2.75) is 6.92 Å². The molecule has 0 aliphatic carbocycles. The molecule has 0 aliphatic heterocycles. The van der Waals surface area contributed by atoms with Gasteiger partial charge in [-0.2, -0.15) is 0 Å². The highest BCUT2D eigenvalue weighted by molar-refractivity contribution is 5.89. The fourth-order valence-corrected chi connectivity index (χ4v) is 1.35. The van der Waals surface area contributed by atoms with Crippen molar-refractivity contribution in [2.75, 3.05) is 18.9 Å². The summed E-state index contributed by atoms with van der Waals surface area (Å²) in [6.45, 7) is 2.57. The lowest BCUT2D eigenvalue weighted by Gasteiger charge is -2.13. The van der Waals surface area contributed by atoms with Gasteiger partial charge in [0.25, 0.3) is 0 Å². The summed E-state index contributed by atoms with van der Waals surface area (Å²) in [6, 6.07) is 7.48. The van der Waals surface area contributed by atoms with E-state index in [1.165, 1.54) is 0 Å². The fraction of sp³-hybridized carbons (Fsp3) is 0.273. The second-order valence-corrected chi connectivity index (χ2v) is 3.55. The number of carbonyl (C=O) groups is 1. The summed E-state index contributed by atoms with van der Waals surface area (Å²) in [5.74, 6) is 0.478. The van der Waals surface area contributed by atoms with Crippen LogP contribution < -0.4 is 5.32 Å². The lowest BCUT2D eigenvalue weighted by atomic mass is 10.3. The van der Waals surface area contributed by atoms with E-state index in [0.717, 1.165) is 11.0 Å². The number of hydrogen-bond donors (Lipinski definition) is 2. The van der Waals surface area contributed by atoms with Crippen LogP contribution in [0.15, 0.2) is 24.3 Å². The Morgan fingerprint density at radius 2 is 2.25 bits per heavy atom. The van der Waals surface area contributed by atoms with Gasteiger partial charge in [0, 0.05) is 13.6 Å². The number of amides is 2. The normalized spacial score (nSPS) is 10.4. The molecule has 84 valence electrons. The zero-order valence-electron chi connectivity index (χ0n) is 9.32. The average molecular weight is 218 g/mol. The minimum atomic E-state index is -0.165. The van der Waals surface area contributed by atoms with Gasteiger partial charge in [-0.05, 0) is 19.1 Å². The van der Waals surface area contributed by atoms with Gasteiger partial charge in [0.05, 0.1) is 11.0 Å². The molecule has 2 rings (SSSR count). The van der Waals surface area contributed by atoms with Crippen molar-refractivity contribution < 1.29 is 4.79 Å². The van der Waals surface area contributed by atoms with E-state index in [1.807, 2.05) is 31.2 Å². The van der Waals surface area contributed by atoms with Crippen molar-refractivity contribution in [3.8, 4) is 0 Å². The molecule has 0 aliphatic rings. The van der Waals surface area contributed by atoms with Gasteiger partial charge in [0.1, 0.15) is 0 Å². The van der Waals surface area contributed by atoms with E-state index in [0.29, 0.717) is 12.5 Å². The number of imidazole rings is 1. The number of carbonyl (C=O) groups excluding carboxylic acids is 1. The third-order valence-electron chi connectivity index (χ3n) is 2.44. The summed E-state index contributed by atoms with van der Waals surface area (Å²) in [5, 5.41) is 2.70. The number of nitrogens with one attached hydrogen (secondary N) is 2. The summed E-state index contributed by atoms with van der Waals surface area (Å²) in [5.41, 5.74) is 1.76. The molecule has 0 saturated heterocycles. The first-order valence-electron chi connectivity index (χ1n) is 5.17. The molecular weight excluding hydrogens is 204 g/mol. The van der Waals surface area contributed by atoms with E-state index in [4.69, 9.17) is 0 Å². The molecule has 0 fully saturated rings. The van der Waals surface area contributed by atoms with E-state index in [2.05, 4.69) is 15.3 Å². The van der Waals surface area contributed by atoms with Crippen molar-refractivity contribution in [3.05, 3.63) is 24.3 Å². The van der Waals surface area contributed by atoms with Gasteiger partial charge >= 0.3 is 6.03 Å². The van der Waals surface area contributed by atoms with E-state index in [1.54, 1.807) is 11.9 Å². The van der Waals surface area contributed by atoms with Crippen LogP contribution in [-0.2, 0) is 0 Å². The second-order valence-electron chi connectivity index (χ2n) is 3.55. The number of aromatic nitrogens is 2. The van der Waals surface area contributed by atoms with Gasteiger partial charge in [-0.25, -0.2) is 9.78 Å². The summed E-state index contributed by atoms with van der Waals surface area (Å²) >= 11 is 0. The number of rotatable bonds is 2. The first kappa shape index (κ1) is 10.5. The van der Waals surface area contributed by atoms with Crippen LogP contribution in [0.3, 0.4) is 0 Å². The monoisotopic (exact) mass is 218 g/mol. The highest BCUT2D eigenvalue weighted by Crippen LogP contribution is 2.13. The van der Waals surface area contributed by atoms with E-state index in [-0.39, 0.29) is 6.03 Å². The smallest absolute Gasteiger partial charge is 0.323 e. The highest BCUT2D eigenvalue weighted by atomic mass is 16.2. The molecule has 0 bridgehead atoms. The Bertz CT molecular complexity index is 472. The molecule has 2 N–H and O–H groups in total. The Labute approximate surface area is 93.5 Å². The van der Waals surface area contributed by atoms with E-state index >= 15 is 0 Å². The van der Waals surface area contributed by atoms with Gasteiger partial charge in [-0.1, -0.05) is 12.1 Å². The highest BCUT2D eigenvalue weighted by Gasteiger charge is 2.09. The summed E-state index contributed by atoms with van der Waals surface area (Å²) in [4.78, 5) is 20.4. The number of hydrogen-bond acceptors (Lipinski definition) is 2. The molecule has 0 spiro atoms. The molecule has 1 aromatic carbocycles. The Morgan fingerprint density at radius 3 is 2.94 bits per heavy atom. The molecule has 0 unspecified atom stereocenters. The number of fused-ring (bicyclic) bond motifs is 1. The Morgan fingerprint density at radius 1 is 1.50 bits per heavy atom. The topological polar surface area (TPSA) is 61.0 Å². The predicted molar refractivity (Wildman–Crippen MR) is 63.4 cm³/mol. The molecule has 0 radical (unpaired) electrons. The second kappa shape index (κ2) is 4.22. The first-order chi connectivity index (χ1) is 7.70. The number of H-pyrrole nitrogens is 1. The van der Waals surface area contributed by atoms with Crippen LogP contribution in [-0.4, -0.2) is 34.5 Å². The molecule has 2 amide bonds. The summed E-state index contributed by atoms with van der Waals surface area (Å²) < 4.78 is 0. The number of benzene rings is 1. The fourth-order valence-electron chi connectivity index (χ4n) is 1.35. The lowest BCUT2D eigenvalue weighted by Crippen LogP contribution is -2.31. The van der Waals surface area contributed by atoms with Crippen LogP contribution in [0.25, 0.3) is 11.0 Å². The molecule has 5 heteroatoms. The SMILES string of the molecule is CCN(C)C(=O)Nc1nc2ccccc2[nH]1. The van der Waals surface area contributed by atoms with Crippen molar-refractivity contribution in [1.29, 1.82) is 0 Å². The molecule has 0 saturated carbocycles. The van der Waals surface area contributed by atoms with Crippen LogP contribution in [0.4, 0.5) is 10.7 Å². The number of para-hydroxylation sites is 2. The Hall–Kier alpha value is -2.04. The van der Waals surface area contributed by atoms with Crippen molar-refractivity contribution >= 4 is 23.0 Å². The minimum absolute atomic E-state index is 0.165. The average Bonchev–Trinajstić information content (AvgIpc) is 2.69. The molecule has 1 heterocycles. The maximum atomic E-state index is 11.6. The Balaban J connectivity index is 2.18. The maximum absolute atomic E-state index is 11.6. The molecule has 5 nitrogen and oxygen atoms in total. The number of nitrogens with zero attached hydrogens (tertiary/aromatic N) is 2.